The largest absolute Gasteiger partial charge is 0.454 e. The van der Waals surface area contributed by atoms with Crippen LogP contribution in [0.5, 0.6) is 0 Å². The van der Waals surface area contributed by atoms with Gasteiger partial charge in [-0.05, 0) is 30.7 Å². The SMILES string of the molecule is CCC(O)CNc1ccc2ncc(-c3cc4ccccc4o3)n2n1. The van der Waals surface area contributed by atoms with Crippen molar-refractivity contribution in [2.45, 2.75) is 19.4 Å². The lowest BCUT2D eigenvalue weighted by molar-refractivity contribution is 0.183. The number of rotatable bonds is 5. The Labute approximate surface area is 138 Å². The van der Waals surface area contributed by atoms with Gasteiger partial charge in [0.15, 0.2) is 11.4 Å². The molecular weight excluding hydrogens is 304 g/mol. The molecule has 6 nitrogen and oxygen atoms in total. The fourth-order valence-corrected chi connectivity index (χ4v) is 2.61. The fraction of sp³-hybridized carbons (Fsp3) is 0.222. The van der Waals surface area contributed by atoms with Crippen LogP contribution in [0, 0.1) is 0 Å². The summed E-state index contributed by atoms with van der Waals surface area (Å²) in [6.07, 6.45) is 2.06. The number of imidazole rings is 1. The predicted octanol–water partition coefficient (Wildman–Crippen LogP) is 3.33. The number of aliphatic hydroxyl groups excluding tert-OH is 1. The molecule has 0 saturated heterocycles. The average molecular weight is 322 g/mol. The topological polar surface area (TPSA) is 75.6 Å². The van der Waals surface area contributed by atoms with Crippen LogP contribution in [0.1, 0.15) is 13.3 Å². The molecule has 0 aliphatic rings. The molecule has 2 N–H and O–H groups in total. The molecule has 0 bridgehead atoms. The van der Waals surface area contributed by atoms with Crippen molar-refractivity contribution in [3.05, 3.63) is 48.7 Å². The Bertz CT molecular complexity index is 956. The minimum atomic E-state index is -0.389. The van der Waals surface area contributed by atoms with Crippen LogP contribution in [0.15, 0.2) is 53.1 Å². The Morgan fingerprint density at radius 1 is 1.25 bits per heavy atom. The van der Waals surface area contributed by atoms with E-state index in [0.29, 0.717) is 18.8 Å². The van der Waals surface area contributed by atoms with Crippen LogP contribution in [0.25, 0.3) is 28.1 Å². The molecule has 3 aromatic heterocycles. The van der Waals surface area contributed by atoms with E-state index < -0.39 is 0 Å². The van der Waals surface area contributed by atoms with Crippen molar-refractivity contribution >= 4 is 22.4 Å². The molecule has 0 fully saturated rings. The summed E-state index contributed by atoms with van der Waals surface area (Å²) in [5.74, 6) is 1.41. The zero-order valence-corrected chi connectivity index (χ0v) is 13.3. The van der Waals surface area contributed by atoms with Crippen molar-refractivity contribution in [2.24, 2.45) is 0 Å². The number of aliphatic hydroxyl groups is 1. The Morgan fingerprint density at radius 2 is 2.12 bits per heavy atom. The maximum absolute atomic E-state index is 9.68. The molecule has 4 rings (SSSR count). The molecule has 0 saturated carbocycles. The van der Waals surface area contributed by atoms with Crippen LogP contribution in [0.2, 0.25) is 0 Å². The number of anilines is 1. The standard InChI is InChI=1S/C18H18N4O2/c1-2-13(23)10-19-17-7-8-18-20-11-14(22(18)21-17)16-9-12-5-3-4-6-15(12)24-16/h3-9,11,13,23H,2,10H2,1H3,(H,19,21). The van der Waals surface area contributed by atoms with E-state index in [1.807, 2.05) is 49.4 Å². The number of furan rings is 1. The summed E-state index contributed by atoms with van der Waals surface area (Å²) in [7, 11) is 0. The van der Waals surface area contributed by atoms with Crippen molar-refractivity contribution in [2.75, 3.05) is 11.9 Å². The van der Waals surface area contributed by atoms with Crippen molar-refractivity contribution < 1.29 is 9.52 Å². The summed E-state index contributed by atoms with van der Waals surface area (Å²) < 4.78 is 7.66. The van der Waals surface area contributed by atoms with Gasteiger partial charge >= 0.3 is 0 Å². The Hall–Kier alpha value is -2.86. The smallest absolute Gasteiger partial charge is 0.155 e. The van der Waals surface area contributed by atoms with E-state index in [-0.39, 0.29) is 6.10 Å². The highest BCUT2D eigenvalue weighted by atomic mass is 16.3. The Kier molecular flexibility index (Phi) is 3.66. The maximum atomic E-state index is 9.68. The lowest BCUT2D eigenvalue weighted by Crippen LogP contribution is -2.19. The molecular formula is C18H18N4O2. The van der Waals surface area contributed by atoms with Gasteiger partial charge in [0.2, 0.25) is 0 Å². The summed E-state index contributed by atoms with van der Waals surface area (Å²) in [6.45, 7) is 2.40. The van der Waals surface area contributed by atoms with Crippen LogP contribution < -0.4 is 5.32 Å². The van der Waals surface area contributed by atoms with Gasteiger partial charge in [0.05, 0.1) is 12.3 Å². The molecule has 0 aliphatic carbocycles. The second kappa shape index (κ2) is 5.98. The molecule has 1 atom stereocenters. The van der Waals surface area contributed by atoms with Crippen LogP contribution in [0.3, 0.4) is 0 Å². The monoisotopic (exact) mass is 322 g/mol. The molecule has 4 aromatic rings. The number of hydrogen-bond acceptors (Lipinski definition) is 5. The van der Waals surface area contributed by atoms with E-state index in [2.05, 4.69) is 15.4 Å². The van der Waals surface area contributed by atoms with Crippen LogP contribution >= 0.6 is 0 Å². The lowest BCUT2D eigenvalue weighted by atomic mass is 10.2. The second-order valence-electron chi connectivity index (χ2n) is 5.72. The third-order valence-corrected chi connectivity index (χ3v) is 4.03. The third kappa shape index (κ3) is 2.61. The highest BCUT2D eigenvalue weighted by molar-refractivity contribution is 5.82. The van der Waals surface area contributed by atoms with Crippen LogP contribution in [-0.4, -0.2) is 32.4 Å². The molecule has 1 aromatic carbocycles. The number of para-hydroxylation sites is 1. The molecule has 0 spiro atoms. The molecule has 6 heteroatoms. The van der Waals surface area contributed by atoms with Gasteiger partial charge in [0.1, 0.15) is 17.1 Å². The first kappa shape index (κ1) is 14.7. The number of hydrogen-bond donors (Lipinski definition) is 2. The van der Waals surface area contributed by atoms with Gasteiger partial charge in [-0.2, -0.15) is 0 Å². The molecule has 1 unspecified atom stereocenters. The minimum absolute atomic E-state index is 0.389. The highest BCUT2D eigenvalue weighted by Gasteiger charge is 2.13. The summed E-state index contributed by atoms with van der Waals surface area (Å²) >= 11 is 0. The number of fused-ring (bicyclic) bond motifs is 2. The van der Waals surface area contributed by atoms with Crippen molar-refractivity contribution in [1.29, 1.82) is 0 Å². The van der Waals surface area contributed by atoms with Crippen molar-refractivity contribution in [3.63, 3.8) is 0 Å². The quantitative estimate of drug-likeness (QED) is 0.589. The number of aromatic nitrogens is 3. The van der Waals surface area contributed by atoms with Gasteiger partial charge in [-0.3, -0.25) is 0 Å². The summed E-state index contributed by atoms with van der Waals surface area (Å²) in [5, 5.41) is 18.4. The van der Waals surface area contributed by atoms with Crippen LogP contribution in [-0.2, 0) is 0 Å². The van der Waals surface area contributed by atoms with Gasteiger partial charge in [-0.25, -0.2) is 9.50 Å². The minimum Gasteiger partial charge on any atom is -0.454 e. The van der Waals surface area contributed by atoms with Crippen molar-refractivity contribution in [3.8, 4) is 11.5 Å². The van der Waals surface area contributed by atoms with E-state index in [9.17, 15) is 5.11 Å². The normalized spacial score (nSPS) is 12.8. The van der Waals surface area contributed by atoms with Gasteiger partial charge in [0, 0.05) is 11.9 Å². The highest BCUT2D eigenvalue weighted by Crippen LogP contribution is 2.28. The van der Waals surface area contributed by atoms with E-state index in [4.69, 9.17) is 4.42 Å². The van der Waals surface area contributed by atoms with Gasteiger partial charge in [-0.15, -0.1) is 5.10 Å². The zero-order valence-electron chi connectivity index (χ0n) is 13.3. The molecule has 0 aliphatic heterocycles. The third-order valence-electron chi connectivity index (χ3n) is 4.03. The predicted molar refractivity (Wildman–Crippen MR) is 93.0 cm³/mol. The van der Waals surface area contributed by atoms with E-state index in [0.717, 1.165) is 28.1 Å². The zero-order chi connectivity index (χ0) is 16.5. The maximum Gasteiger partial charge on any atom is 0.155 e. The first-order valence-electron chi connectivity index (χ1n) is 8.00. The second-order valence-corrected chi connectivity index (χ2v) is 5.72. The van der Waals surface area contributed by atoms with Gasteiger partial charge in [0.25, 0.3) is 0 Å². The summed E-state index contributed by atoms with van der Waals surface area (Å²) in [5.41, 5.74) is 2.37. The Balaban J connectivity index is 1.72. The molecule has 122 valence electrons. The molecule has 0 amide bonds. The Morgan fingerprint density at radius 3 is 2.96 bits per heavy atom. The molecule has 0 radical (unpaired) electrons. The molecule has 24 heavy (non-hydrogen) atoms. The molecule has 3 heterocycles. The van der Waals surface area contributed by atoms with E-state index >= 15 is 0 Å². The summed E-state index contributed by atoms with van der Waals surface area (Å²) in [4.78, 5) is 4.38. The summed E-state index contributed by atoms with van der Waals surface area (Å²) in [6, 6.07) is 13.6. The van der Waals surface area contributed by atoms with E-state index in [1.54, 1.807) is 10.7 Å². The van der Waals surface area contributed by atoms with Crippen LogP contribution in [0.4, 0.5) is 5.82 Å². The number of nitrogens with one attached hydrogen (secondary N) is 1. The number of benzene rings is 1. The van der Waals surface area contributed by atoms with Crippen molar-refractivity contribution in [1.82, 2.24) is 14.6 Å². The fourth-order valence-electron chi connectivity index (χ4n) is 2.61. The lowest BCUT2D eigenvalue weighted by Gasteiger charge is -2.10. The number of nitrogens with zero attached hydrogens (tertiary/aromatic N) is 3. The average Bonchev–Trinajstić information content (AvgIpc) is 3.22. The first-order valence-corrected chi connectivity index (χ1v) is 8.00. The van der Waals surface area contributed by atoms with Gasteiger partial charge in [-0.1, -0.05) is 25.1 Å². The first-order chi connectivity index (χ1) is 11.7. The van der Waals surface area contributed by atoms with E-state index in [1.165, 1.54) is 0 Å². The van der Waals surface area contributed by atoms with Gasteiger partial charge < -0.3 is 14.8 Å².